The lowest BCUT2D eigenvalue weighted by Gasteiger charge is -2.41. The minimum Gasteiger partial charge on any atom is -0.476 e. The maximum Gasteiger partial charge on any atom is 0.246 e. The van der Waals surface area contributed by atoms with Gasteiger partial charge in [0.2, 0.25) is 18.3 Å². The van der Waals surface area contributed by atoms with Crippen LogP contribution < -0.4 is 14.5 Å². The van der Waals surface area contributed by atoms with Crippen molar-refractivity contribution in [2.75, 3.05) is 62.7 Å². The highest BCUT2D eigenvalue weighted by molar-refractivity contribution is 5.92. The largest absolute Gasteiger partial charge is 0.476 e. The highest BCUT2D eigenvalue weighted by atomic mass is 16.5. The number of nitrogens with zero attached hydrogens (tertiary/aromatic N) is 7. The van der Waals surface area contributed by atoms with Gasteiger partial charge >= 0.3 is 0 Å². The molecule has 0 saturated carbocycles. The Morgan fingerprint density at radius 2 is 2.05 bits per heavy atom. The number of likely N-dealkylation sites (N-methyl/N-ethyl adjacent to an activating group) is 1. The first kappa shape index (κ1) is 27.0. The van der Waals surface area contributed by atoms with Gasteiger partial charge in [0.1, 0.15) is 18.5 Å². The third-order valence-electron chi connectivity index (χ3n) is 8.77. The fraction of sp³-hybridized carbons (Fsp3) is 0.438. The fourth-order valence-corrected chi connectivity index (χ4v) is 6.50. The summed E-state index contributed by atoms with van der Waals surface area (Å²) < 4.78 is 6.38. The van der Waals surface area contributed by atoms with Crippen LogP contribution in [-0.2, 0) is 17.8 Å². The number of hydrogen-bond donors (Lipinski definition) is 0. The Labute approximate surface area is 241 Å². The van der Waals surface area contributed by atoms with Gasteiger partial charge in [-0.15, -0.1) is 0 Å². The van der Waals surface area contributed by atoms with Crippen LogP contribution in [0, 0.1) is 6.57 Å². The quantitative estimate of drug-likeness (QED) is 0.327. The van der Waals surface area contributed by atoms with E-state index in [1.807, 2.05) is 6.20 Å². The van der Waals surface area contributed by atoms with Crippen molar-refractivity contribution in [2.45, 2.75) is 37.9 Å². The molecule has 2 fully saturated rings. The number of piperazine rings is 1. The molecular weight excluding hydrogens is 514 g/mol. The van der Waals surface area contributed by atoms with Crippen molar-refractivity contribution < 1.29 is 9.53 Å². The molecule has 0 radical (unpaired) electrons. The Balaban J connectivity index is 1.33. The topological polar surface area (TPSA) is 69.4 Å². The zero-order valence-electron chi connectivity index (χ0n) is 23.7. The summed E-state index contributed by atoms with van der Waals surface area (Å²) in [7, 11) is 2.16. The Morgan fingerprint density at radius 3 is 2.85 bits per heavy atom. The molecule has 9 heteroatoms. The average molecular weight is 552 g/mol. The number of anilines is 2. The summed E-state index contributed by atoms with van der Waals surface area (Å²) in [6.07, 6.45) is 6.38. The van der Waals surface area contributed by atoms with Gasteiger partial charge in [-0.2, -0.15) is 0 Å². The van der Waals surface area contributed by atoms with E-state index in [1.165, 1.54) is 23.4 Å². The summed E-state index contributed by atoms with van der Waals surface area (Å²) in [6, 6.07) is 12.7. The molecule has 2 aromatic heterocycles. The van der Waals surface area contributed by atoms with Crippen molar-refractivity contribution in [3.8, 4) is 5.88 Å². The Bertz CT molecular complexity index is 1480. The predicted octanol–water partition coefficient (Wildman–Crippen LogP) is 3.79. The number of ether oxygens (including phenoxy) is 1. The molecule has 3 aliphatic rings. The van der Waals surface area contributed by atoms with Crippen LogP contribution in [0.4, 0.5) is 11.5 Å². The maximum absolute atomic E-state index is 12.5. The summed E-state index contributed by atoms with van der Waals surface area (Å²) in [5, 5.41) is 2.31. The number of rotatable bonds is 7. The van der Waals surface area contributed by atoms with E-state index in [1.54, 1.807) is 4.90 Å². The lowest BCUT2D eigenvalue weighted by molar-refractivity contribution is -0.128. The van der Waals surface area contributed by atoms with Gasteiger partial charge in [-0.05, 0) is 50.4 Å². The molecule has 1 unspecified atom stereocenters. The molecular formula is C32H37N7O2. The van der Waals surface area contributed by atoms with E-state index in [-0.39, 0.29) is 18.5 Å². The molecule has 1 amide bonds. The zero-order chi connectivity index (χ0) is 28.3. The number of likely N-dealkylation sites (tertiary alicyclic amines) is 1. The Kier molecular flexibility index (Phi) is 7.75. The van der Waals surface area contributed by atoms with Crippen LogP contribution in [0.3, 0.4) is 0 Å². The molecule has 5 heterocycles. The second-order valence-electron chi connectivity index (χ2n) is 11.2. The first-order chi connectivity index (χ1) is 20.1. The molecule has 6 rings (SSSR count). The fourth-order valence-electron chi connectivity index (χ4n) is 6.50. The number of amides is 1. The molecule has 41 heavy (non-hydrogen) atoms. The van der Waals surface area contributed by atoms with Crippen molar-refractivity contribution >= 4 is 28.2 Å². The normalized spacial score (nSPS) is 21.0. The summed E-state index contributed by atoms with van der Waals surface area (Å²) in [5.74, 6) is 1.50. The number of carbonyl (C=O) groups excluding carboxylic acids is 1. The summed E-state index contributed by atoms with van der Waals surface area (Å²) in [4.78, 5) is 34.8. The first-order valence-corrected chi connectivity index (χ1v) is 14.5. The lowest BCUT2D eigenvalue weighted by Crippen LogP contribution is -2.56. The van der Waals surface area contributed by atoms with Crippen LogP contribution in [0.1, 0.15) is 24.1 Å². The molecule has 3 aliphatic heterocycles. The minimum absolute atomic E-state index is 0.113. The summed E-state index contributed by atoms with van der Waals surface area (Å²) in [6.45, 7) is 16.4. The van der Waals surface area contributed by atoms with Gasteiger partial charge in [-0.3, -0.25) is 4.79 Å². The van der Waals surface area contributed by atoms with Crippen molar-refractivity contribution in [3.05, 3.63) is 77.9 Å². The lowest BCUT2D eigenvalue weighted by atomic mass is 10.00. The van der Waals surface area contributed by atoms with E-state index < -0.39 is 0 Å². The van der Waals surface area contributed by atoms with Gasteiger partial charge in [0.15, 0.2) is 0 Å². The number of pyridine rings is 2. The van der Waals surface area contributed by atoms with Crippen LogP contribution in [0.15, 0.2) is 55.3 Å². The van der Waals surface area contributed by atoms with Crippen LogP contribution >= 0.6 is 0 Å². The molecule has 2 atom stereocenters. The molecule has 0 N–H and O–H groups in total. The maximum atomic E-state index is 12.5. The van der Waals surface area contributed by atoms with Crippen LogP contribution in [0.2, 0.25) is 0 Å². The van der Waals surface area contributed by atoms with Crippen LogP contribution in [-0.4, -0.2) is 90.7 Å². The monoisotopic (exact) mass is 551 g/mol. The average Bonchev–Trinajstić information content (AvgIpc) is 3.43. The van der Waals surface area contributed by atoms with Gasteiger partial charge in [0, 0.05) is 61.1 Å². The van der Waals surface area contributed by atoms with Crippen molar-refractivity contribution in [3.63, 3.8) is 0 Å². The molecule has 212 valence electrons. The molecule has 1 aromatic carbocycles. The molecule has 0 aliphatic carbocycles. The van der Waals surface area contributed by atoms with Gasteiger partial charge in [0.05, 0.1) is 12.2 Å². The van der Waals surface area contributed by atoms with E-state index in [0.29, 0.717) is 44.7 Å². The minimum atomic E-state index is -0.188. The van der Waals surface area contributed by atoms with E-state index in [0.717, 1.165) is 48.5 Å². The SMILES string of the molecule is [C-]#[N+]CC1CN(c2cc(OC[C@@H]3CCCN3C)nc3c2CCN(c2nccc4ccccc24)C3)CCN1C(=O)C=C. The van der Waals surface area contributed by atoms with E-state index in [2.05, 4.69) is 69.6 Å². The number of fused-ring (bicyclic) bond motifs is 2. The van der Waals surface area contributed by atoms with Crippen molar-refractivity contribution in [2.24, 2.45) is 0 Å². The standard InChI is InChI=1S/C32H37N7O2/c1-4-31(40)39-17-16-37(20-25(39)19-33-2)29-18-30(41-22-24-9-7-14-36(24)3)35-28-21-38(15-12-27(28)29)32-26-10-6-5-8-23(26)11-13-34-32/h4-6,8,10-11,13,18,24-25H,1,7,9,12,14-17,19-22H2,3H3/t24-,25?/m0/s1. The van der Waals surface area contributed by atoms with Gasteiger partial charge in [-0.1, -0.05) is 30.8 Å². The van der Waals surface area contributed by atoms with Gasteiger partial charge in [-0.25, -0.2) is 16.5 Å². The summed E-state index contributed by atoms with van der Waals surface area (Å²) in [5.41, 5.74) is 3.33. The van der Waals surface area contributed by atoms with Crippen LogP contribution in [0.25, 0.3) is 15.6 Å². The van der Waals surface area contributed by atoms with E-state index >= 15 is 0 Å². The number of aromatic nitrogens is 2. The van der Waals surface area contributed by atoms with E-state index in [4.69, 9.17) is 21.3 Å². The van der Waals surface area contributed by atoms with Crippen LogP contribution in [0.5, 0.6) is 5.88 Å². The van der Waals surface area contributed by atoms with Crippen molar-refractivity contribution in [1.29, 1.82) is 0 Å². The Hall–Kier alpha value is -4.16. The predicted molar refractivity (Wildman–Crippen MR) is 161 cm³/mol. The summed E-state index contributed by atoms with van der Waals surface area (Å²) >= 11 is 0. The van der Waals surface area contributed by atoms with Gasteiger partial charge in [0.25, 0.3) is 0 Å². The van der Waals surface area contributed by atoms with Crippen molar-refractivity contribution in [1.82, 2.24) is 19.8 Å². The smallest absolute Gasteiger partial charge is 0.246 e. The molecule has 2 saturated heterocycles. The number of hydrogen-bond acceptors (Lipinski definition) is 7. The number of benzene rings is 1. The highest BCUT2D eigenvalue weighted by Gasteiger charge is 2.34. The molecule has 9 nitrogen and oxygen atoms in total. The number of carbonyl (C=O) groups is 1. The second-order valence-corrected chi connectivity index (χ2v) is 11.2. The van der Waals surface area contributed by atoms with E-state index in [9.17, 15) is 4.79 Å². The third kappa shape index (κ3) is 5.44. The first-order valence-electron chi connectivity index (χ1n) is 14.5. The second kappa shape index (κ2) is 11.8. The zero-order valence-corrected chi connectivity index (χ0v) is 23.7. The van der Waals surface area contributed by atoms with Gasteiger partial charge < -0.3 is 29.2 Å². The molecule has 3 aromatic rings. The third-order valence-corrected chi connectivity index (χ3v) is 8.77. The molecule has 0 bridgehead atoms. The molecule has 0 spiro atoms. The highest BCUT2D eigenvalue weighted by Crippen LogP contribution is 2.35. The Morgan fingerprint density at radius 1 is 1.17 bits per heavy atom.